The second kappa shape index (κ2) is 5.24. The van der Waals surface area contributed by atoms with Gasteiger partial charge in [0.05, 0.1) is 24.7 Å². The van der Waals surface area contributed by atoms with E-state index in [0.717, 1.165) is 5.69 Å². The molecule has 0 radical (unpaired) electrons. The highest BCUT2D eigenvalue weighted by atomic mass is 16.5. The SMILES string of the molecule is COc1cn(-c2ccccc2)nc(-c2ccnn2C)c1=O. The standard InChI is InChI=1S/C15H14N4O2/c1-18-12(8-9-16-18)14-15(20)13(21-2)10-19(17-14)11-6-4-3-5-7-11/h3-10H,1-2H3. The second-order valence-electron chi connectivity index (χ2n) is 4.50. The third-order valence-electron chi connectivity index (χ3n) is 3.19. The Morgan fingerprint density at radius 2 is 1.90 bits per heavy atom. The van der Waals surface area contributed by atoms with E-state index in [0.29, 0.717) is 11.4 Å². The lowest BCUT2D eigenvalue weighted by atomic mass is 10.2. The Morgan fingerprint density at radius 1 is 1.14 bits per heavy atom. The van der Waals surface area contributed by atoms with Crippen molar-refractivity contribution in [3.63, 3.8) is 0 Å². The van der Waals surface area contributed by atoms with Crippen molar-refractivity contribution in [2.45, 2.75) is 0 Å². The summed E-state index contributed by atoms with van der Waals surface area (Å²) in [6.45, 7) is 0. The Balaban J connectivity index is 2.26. The minimum atomic E-state index is -0.256. The Morgan fingerprint density at radius 3 is 2.52 bits per heavy atom. The van der Waals surface area contributed by atoms with E-state index in [2.05, 4.69) is 10.2 Å². The fourth-order valence-corrected chi connectivity index (χ4v) is 2.10. The number of benzene rings is 1. The van der Waals surface area contributed by atoms with E-state index < -0.39 is 0 Å². The smallest absolute Gasteiger partial charge is 0.251 e. The van der Waals surface area contributed by atoms with Gasteiger partial charge in [-0.25, -0.2) is 4.68 Å². The van der Waals surface area contributed by atoms with Gasteiger partial charge >= 0.3 is 0 Å². The average molecular weight is 282 g/mol. The van der Waals surface area contributed by atoms with Crippen LogP contribution in [-0.4, -0.2) is 26.7 Å². The van der Waals surface area contributed by atoms with Gasteiger partial charge < -0.3 is 4.74 Å². The topological polar surface area (TPSA) is 61.9 Å². The number of methoxy groups -OCH3 is 1. The molecule has 0 aliphatic carbocycles. The number of hydrogen-bond acceptors (Lipinski definition) is 4. The van der Waals surface area contributed by atoms with Gasteiger partial charge in [-0.05, 0) is 18.2 Å². The molecule has 3 rings (SSSR count). The van der Waals surface area contributed by atoms with E-state index in [1.54, 1.807) is 34.9 Å². The lowest BCUT2D eigenvalue weighted by molar-refractivity contribution is 0.405. The summed E-state index contributed by atoms with van der Waals surface area (Å²) in [7, 11) is 3.24. The first-order valence-corrected chi connectivity index (χ1v) is 6.42. The molecule has 1 aromatic carbocycles. The summed E-state index contributed by atoms with van der Waals surface area (Å²) in [5.41, 5.74) is 1.54. The summed E-state index contributed by atoms with van der Waals surface area (Å²) < 4.78 is 8.42. The molecule has 0 saturated carbocycles. The fraction of sp³-hybridized carbons (Fsp3) is 0.133. The molecule has 106 valence electrons. The van der Waals surface area contributed by atoms with Crippen LogP contribution in [0, 0.1) is 0 Å². The molecule has 21 heavy (non-hydrogen) atoms. The number of ether oxygens (including phenoxy) is 1. The van der Waals surface area contributed by atoms with Crippen LogP contribution in [0.4, 0.5) is 0 Å². The maximum Gasteiger partial charge on any atom is 0.251 e. The van der Waals surface area contributed by atoms with Gasteiger partial charge in [0.1, 0.15) is 0 Å². The quantitative estimate of drug-likeness (QED) is 0.732. The number of nitrogens with zero attached hydrogens (tertiary/aromatic N) is 4. The number of rotatable bonds is 3. The highest BCUT2D eigenvalue weighted by molar-refractivity contribution is 5.55. The summed E-state index contributed by atoms with van der Waals surface area (Å²) in [6, 6.07) is 11.3. The first kappa shape index (κ1) is 13.1. The summed E-state index contributed by atoms with van der Waals surface area (Å²) >= 11 is 0. The molecule has 3 aromatic rings. The molecule has 0 amide bonds. The largest absolute Gasteiger partial charge is 0.491 e. The van der Waals surface area contributed by atoms with Crippen LogP contribution in [0.1, 0.15) is 0 Å². The molecule has 6 nitrogen and oxygen atoms in total. The first-order chi connectivity index (χ1) is 10.2. The number of hydrogen-bond donors (Lipinski definition) is 0. The summed E-state index contributed by atoms with van der Waals surface area (Å²) in [6.07, 6.45) is 3.21. The van der Waals surface area contributed by atoms with Crippen molar-refractivity contribution >= 4 is 0 Å². The zero-order chi connectivity index (χ0) is 14.8. The van der Waals surface area contributed by atoms with Gasteiger partial charge in [-0.1, -0.05) is 18.2 Å². The molecule has 0 fully saturated rings. The van der Waals surface area contributed by atoms with Crippen LogP contribution in [0.25, 0.3) is 17.1 Å². The summed E-state index contributed by atoms with van der Waals surface area (Å²) in [5, 5.41) is 8.50. The molecule has 0 spiro atoms. The number of para-hydroxylation sites is 1. The lowest BCUT2D eigenvalue weighted by Crippen LogP contribution is -2.17. The number of aromatic nitrogens is 4. The molecule has 0 unspecified atom stereocenters. The minimum absolute atomic E-state index is 0.241. The second-order valence-corrected chi connectivity index (χ2v) is 4.50. The molecule has 2 aromatic heterocycles. The average Bonchev–Trinajstić information content (AvgIpc) is 2.94. The lowest BCUT2D eigenvalue weighted by Gasteiger charge is -2.10. The zero-order valence-electron chi connectivity index (χ0n) is 11.7. The van der Waals surface area contributed by atoms with Crippen molar-refractivity contribution in [3.8, 4) is 22.8 Å². The van der Waals surface area contributed by atoms with Gasteiger partial charge in [0, 0.05) is 13.2 Å². The van der Waals surface area contributed by atoms with E-state index in [9.17, 15) is 4.79 Å². The molecule has 2 heterocycles. The van der Waals surface area contributed by atoms with Crippen LogP contribution in [0.15, 0.2) is 53.6 Å². The summed E-state index contributed by atoms with van der Waals surface area (Å²) in [5.74, 6) is 0.241. The van der Waals surface area contributed by atoms with Crippen LogP contribution >= 0.6 is 0 Å². The van der Waals surface area contributed by atoms with Crippen molar-refractivity contribution in [3.05, 3.63) is 59.0 Å². The highest BCUT2D eigenvalue weighted by Gasteiger charge is 2.15. The van der Waals surface area contributed by atoms with Crippen molar-refractivity contribution in [2.24, 2.45) is 7.05 Å². The summed E-state index contributed by atoms with van der Waals surface area (Å²) in [4.78, 5) is 12.4. The minimum Gasteiger partial charge on any atom is -0.491 e. The molecule has 6 heteroatoms. The molecular formula is C15H14N4O2. The van der Waals surface area contributed by atoms with E-state index in [4.69, 9.17) is 4.74 Å². The molecule has 0 bridgehead atoms. The van der Waals surface area contributed by atoms with E-state index >= 15 is 0 Å². The third kappa shape index (κ3) is 2.31. The van der Waals surface area contributed by atoms with Gasteiger partial charge in [-0.15, -0.1) is 0 Å². The monoisotopic (exact) mass is 282 g/mol. The van der Waals surface area contributed by atoms with Crippen LogP contribution in [0.2, 0.25) is 0 Å². The Hall–Kier alpha value is -2.89. The van der Waals surface area contributed by atoms with Crippen LogP contribution in [-0.2, 0) is 7.05 Å². The van der Waals surface area contributed by atoms with Crippen molar-refractivity contribution in [1.29, 1.82) is 0 Å². The highest BCUT2D eigenvalue weighted by Crippen LogP contribution is 2.16. The Kier molecular flexibility index (Phi) is 3.27. The van der Waals surface area contributed by atoms with Crippen LogP contribution in [0.5, 0.6) is 5.75 Å². The maximum absolute atomic E-state index is 12.4. The zero-order valence-corrected chi connectivity index (χ0v) is 11.7. The predicted molar refractivity (Wildman–Crippen MR) is 78.6 cm³/mol. The molecule has 0 saturated heterocycles. The maximum atomic E-state index is 12.4. The van der Waals surface area contributed by atoms with Gasteiger partial charge in [0.25, 0.3) is 5.43 Å². The normalized spacial score (nSPS) is 10.6. The molecule has 0 N–H and O–H groups in total. The Bertz CT molecular complexity index is 821. The molecule has 0 aliphatic rings. The van der Waals surface area contributed by atoms with Gasteiger partial charge in [0.15, 0.2) is 11.4 Å². The van der Waals surface area contributed by atoms with Crippen molar-refractivity contribution < 1.29 is 4.74 Å². The predicted octanol–water partition coefficient (Wildman–Crippen LogP) is 1.64. The van der Waals surface area contributed by atoms with Crippen molar-refractivity contribution in [2.75, 3.05) is 7.11 Å². The van der Waals surface area contributed by atoms with Gasteiger partial charge in [-0.3, -0.25) is 9.48 Å². The molecule has 0 atom stereocenters. The van der Waals surface area contributed by atoms with E-state index in [-0.39, 0.29) is 11.2 Å². The Labute approximate surface area is 121 Å². The molecular weight excluding hydrogens is 268 g/mol. The van der Waals surface area contributed by atoms with Crippen LogP contribution < -0.4 is 10.2 Å². The number of aryl methyl sites for hydroxylation is 1. The molecule has 0 aliphatic heterocycles. The fourth-order valence-electron chi connectivity index (χ4n) is 2.10. The van der Waals surface area contributed by atoms with Gasteiger partial charge in [0.2, 0.25) is 0 Å². The van der Waals surface area contributed by atoms with Crippen molar-refractivity contribution in [1.82, 2.24) is 19.6 Å². The first-order valence-electron chi connectivity index (χ1n) is 6.42. The third-order valence-corrected chi connectivity index (χ3v) is 3.19. The van der Waals surface area contributed by atoms with E-state index in [1.807, 2.05) is 30.3 Å². The van der Waals surface area contributed by atoms with Crippen LogP contribution in [0.3, 0.4) is 0 Å². The van der Waals surface area contributed by atoms with E-state index in [1.165, 1.54) is 7.11 Å². The van der Waals surface area contributed by atoms with Gasteiger partial charge in [-0.2, -0.15) is 10.2 Å².